The summed E-state index contributed by atoms with van der Waals surface area (Å²) in [5, 5.41) is 9.34. The number of sulfone groups is 1. The van der Waals surface area contributed by atoms with Gasteiger partial charge in [-0.15, -0.1) is 5.10 Å². The van der Waals surface area contributed by atoms with Crippen LogP contribution in [0.4, 0.5) is 15.9 Å². The van der Waals surface area contributed by atoms with Crippen LogP contribution in [-0.2, 0) is 16.3 Å². The molecule has 1 fully saturated rings. The zero-order valence-electron chi connectivity index (χ0n) is 20.6. The predicted octanol–water partition coefficient (Wildman–Crippen LogP) is 4.79. The summed E-state index contributed by atoms with van der Waals surface area (Å²) in [7, 11) is -3.96. The third-order valence-electron chi connectivity index (χ3n) is 6.92. The number of nitrogens with zero attached hydrogens (tertiary/aromatic N) is 6. The van der Waals surface area contributed by atoms with Gasteiger partial charge in [-0.05, 0) is 66.6 Å². The highest BCUT2D eigenvalue weighted by Crippen LogP contribution is 2.32. The number of aryl methyl sites for hydroxylation is 1. The van der Waals surface area contributed by atoms with Crippen LogP contribution >= 0.6 is 11.6 Å². The van der Waals surface area contributed by atoms with Gasteiger partial charge in [-0.3, -0.25) is 0 Å². The number of hydrogen-bond donors (Lipinski definition) is 0. The summed E-state index contributed by atoms with van der Waals surface area (Å²) in [6.45, 7) is 4.65. The van der Waals surface area contributed by atoms with Crippen LogP contribution in [0.5, 0.6) is 0 Å². The number of rotatable bonds is 5. The molecule has 1 saturated heterocycles. The molecule has 1 aliphatic rings. The van der Waals surface area contributed by atoms with E-state index in [0.29, 0.717) is 42.5 Å². The van der Waals surface area contributed by atoms with Crippen LogP contribution in [0.3, 0.4) is 0 Å². The van der Waals surface area contributed by atoms with Crippen molar-refractivity contribution in [3.8, 4) is 0 Å². The molecule has 8 nitrogen and oxygen atoms in total. The molecule has 0 N–H and O–H groups in total. The molecule has 3 heterocycles. The zero-order chi connectivity index (χ0) is 26.4. The number of anilines is 2. The molecule has 0 aliphatic carbocycles. The van der Waals surface area contributed by atoms with Crippen molar-refractivity contribution in [3.05, 3.63) is 83.1 Å². The number of fused-ring (bicyclic) bond motifs is 3. The molecule has 3 aromatic carbocycles. The van der Waals surface area contributed by atoms with E-state index >= 15 is 0 Å². The van der Waals surface area contributed by atoms with E-state index in [4.69, 9.17) is 16.6 Å². The summed E-state index contributed by atoms with van der Waals surface area (Å²) < 4.78 is 42.0. The SMILES string of the molecule is CCc1ccc(S(=O)(=O)c2nnn3c2nc(N2CCN(c4ccc(F)cc4)CC2)c2cc(Cl)ccc23)cc1. The van der Waals surface area contributed by atoms with Crippen molar-refractivity contribution in [1.82, 2.24) is 19.8 Å². The second-order valence-corrected chi connectivity index (χ2v) is 11.5. The van der Waals surface area contributed by atoms with Gasteiger partial charge in [0, 0.05) is 42.3 Å². The van der Waals surface area contributed by atoms with Crippen LogP contribution < -0.4 is 9.80 Å². The Bertz CT molecular complexity index is 1750. The smallest absolute Gasteiger partial charge is 0.229 e. The van der Waals surface area contributed by atoms with Crippen molar-refractivity contribution in [2.45, 2.75) is 23.3 Å². The first-order chi connectivity index (χ1) is 18.3. The lowest BCUT2D eigenvalue weighted by molar-refractivity contribution is 0.592. The van der Waals surface area contributed by atoms with E-state index in [2.05, 4.69) is 20.1 Å². The zero-order valence-corrected chi connectivity index (χ0v) is 22.1. The van der Waals surface area contributed by atoms with Crippen molar-refractivity contribution >= 4 is 49.5 Å². The van der Waals surface area contributed by atoms with Crippen LogP contribution in [0, 0.1) is 5.82 Å². The highest BCUT2D eigenvalue weighted by Gasteiger charge is 2.29. The minimum atomic E-state index is -3.96. The summed E-state index contributed by atoms with van der Waals surface area (Å²) in [6, 6.07) is 18.6. The summed E-state index contributed by atoms with van der Waals surface area (Å²) in [5.41, 5.74) is 2.81. The van der Waals surface area contributed by atoms with Gasteiger partial charge in [0.05, 0.1) is 10.4 Å². The standard InChI is InChI=1S/C27H24ClFN6O2S/c1-2-18-3-10-22(11-4-18)38(36,37)27-26-30-25(23-17-19(28)5-12-24(23)35(26)32-31-27)34-15-13-33(14-16-34)21-8-6-20(29)7-9-21/h3-12,17H,2,13-16H2,1H3. The average molecular weight is 551 g/mol. The Morgan fingerprint density at radius 3 is 2.29 bits per heavy atom. The minimum Gasteiger partial charge on any atom is -0.368 e. The molecular weight excluding hydrogens is 527 g/mol. The summed E-state index contributed by atoms with van der Waals surface area (Å²) >= 11 is 6.35. The molecule has 0 unspecified atom stereocenters. The van der Waals surface area contributed by atoms with Gasteiger partial charge in [0.1, 0.15) is 11.6 Å². The van der Waals surface area contributed by atoms with Crippen LogP contribution in [0.2, 0.25) is 5.02 Å². The number of benzene rings is 3. The summed E-state index contributed by atoms with van der Waals surface area (Å²) in [5.74, 6) is 0.351. The van der Waals surface area contributed by atoms with Gasteiger partial charge in [0.15, 0.2) is 5.65 Å². The molecule has 0 bridgehead atoms. The lowest BCUT2D eigenvalue weighted by atomic mass is 10.2. The molecule has 5 aromatic rings. The Morgan fingerprint density at radius 2 is 1.61 bits per heavy atom. The van der Waals surface area contributed by atoms with Gasteiger partial charge in [0.2, 0.25) is 14.9 Å². The highest BCUT2D eigenvalue weighted by molar-refractivity contribution is 7.91. The maximum Gasteiger partial charge on any atom is 0.229 e. The van der Waals surface area contributed by atoms with Gasteiger partial charge in [0.25, 0.3) is 0 Å². The molecule has 194 valence electrons. The van der Waals surface area contributed by atoms with E-state index in [1.807, 2.05) is 13.0 Å². The molecule has 38 heavy (non-hydrogen) atoms. The monoisotopic (exact) mass is 550 g/mol. The normalized spacial score (nSPS) is 14.5. The van der Waals surface area contributed by atoms with E-state index in [-0.39, 0.29) is 21.4 Å². The van der Waals surface area contributed by atoms with E-state index in [9.17, 15) is 12.8 Å². The Morgan fingerprint density at radius 1 is 0.921 bits per heavy atom. The van der Waals surface area contributed by atoms with Gasteiger partial charge < -0.3 is 9.80 Å². The minimum absolute atomic E-state index is 0.143. The molecule has 0 atom stereocenters. The topological polar surface area (TPSA) is 83.7 Å². The maximum atomic E-state index is 13.6. The molecule has 0 saturated carbocycles. The maximum absolute atomic E-state index is 13.6. The molecule has 6 rings (SSSR count). The van der Waals surface area contributed by atoms with Crippen LogP contribution in [-0.4, -0.2) is 54.4 Å². The third kappa shape index (κ3) is 4.23. The predicted molar refractivity (Wildman–Crippen MR) is 145 cm³/mol. The van der Waals surface area contributed by atoms with E-state index in [1.165, 1.54) is 16.6 Å². The van der Waals surface area contributed by atoms with Crippen molar-refractivity contribution in [3.63, 3.8) is 0 Å². The molecule has 1 aliphatic heterocycles. The number of hydrogen-bond acceptors (Lipinski definition) is 7. The lowest BCUT2D eigenvalue weighted by Crippen LogP contribution is -2.47. The highest BCUT2D eigenvalue weighted by atomic mass is 35.5. The van der Waals surface area contributed by atoms with Gasteiger partial charge >= 0.3 is 0 Å². The number of halogens is 2. The summed E-state index contributed by atoms with van der Waals surface area (Å²) in [4.78, 5) is 9.25. The fraction of sp³-hybridized carbons (Fsp3) is 0.222. The van der Waals surface area contributed by atoms with Crippen molar-refractivity contribution < 1.29 is 12.8 Å². The van der Waals surface area contributed by atoms with Crippen molar-refractivity contribution in [2.75, 3.05) is 36.0 Å². The first kappa shape index (κ1) is 24.6. The molecule has 0 amide bonds. The quantitative estimate of drug-likeness (QED) is 0.311. The number of aromatic nitrogens is 4. The average Bonchev–Trinajstić information content (AvgIpc) is 3.38. The lowest BCUT2D eigenvalue weighted by Gasteiger charge is -2.37. The van der Waals surface area contributed by atoms with E-state index in [0.717, 1.165) is 23.1 Å². The van der Waals surface area contributed by atoms with Crippen molar-refractivity contribution in [2.24, 2.45) is 0 Å². The second kappa shape index (κ2) is 9.52. The second-order valence-electron chi connectivity index (χ2n) is 9.18. The molecule has 0 radical (unpaired) electrons. The van der Waals surface area contributed by atoms with Crippen LogP contribution in [0.15, 0.2) is 76.7 Å². The number of piperazine rings is 1. The van der Waals surface area contributed by atoms with E-state index < -0.39 is 9.84 Å². The fourth-order valence-corrected chi connectivity index (χ4v) is 6.22. The molecular formula is C27H24ClFN6O2S. The van der Waals surface area contributed by atoms with Gasteiger partial charge in [-0.1, -0.05) is 35.9 Å². The van der Waals surface area contributed by atoms with Crippen LogP contribution in [0.25, 0.3) is 16.6 Å². The van der Waals surface area contributed by atoms with Gasteiger partial charge in [-0.25, -0.2) is 17.8 Å². The fourth-order valence-electron chi connectivity index (χ4n) is 4.81. The third-order valence-corrected chi connectivity index (χ3v) is 8.82. The summed E-state index contributed by atoms with van der Waals surface area (Å²) in [6.07, 6.45) is 0.809. The van der Waals surface area contributed by atoms with E-state index in [1.54, 1.807) is 48.5 Å². The Hall–Kier alpha value is -3.76. The molecule has 0 spiro atoms. The molecule has 11 heteroatoms. The molecule has 2 aromatic heterocycles. The first-order valence-electron chi connectivity index (χ1n) is 12.3. The first-order valence-corrected chi connectivity index (χ1v) is 14.2. The Balaban J connectivity index is 1.42. The Kier molecular flexibility index (Phi) is 6.16. The van der Waals surface area contributed by atoms with Gasteiger partial charge in [-0.2, -0.15) is 4.52 Å². The largest absolute Gasteiger partial charge is 0.368 e. The van der Waals surface area contributed by atoms with Crippen molar-refractivity contribution in [1.29, 1.82) is 0 Å². The Labute approximate surface area is 224 Å². The van der Waals surface area contributed by atoms with Crippen LogP contribution in [0.1, 0.15) is 12.5 Å².